The predicted octanol–water partition coefficient (Wildman–Crippen LogP) is 0.148. The van der Waals surface area contributed by atoms with Gasteiger partial charge >= 0.3 is 0 Å². The Balaban J connectivity index is 0.000000240. The van der Waals surface area contributed by atoms with E-state index in [1.165, 1.54) is 0 Å². The highest BCUT2D eigenvalue weighted by atomic mass is 19.2. The van der Waals surface area contributed by atoms with Crippen LogP contribution >= 0.6 is 0 Å². The standard InChI is InChI=1S/2C6H8F4O2/c2*7-1-2(8)6(12)4(10)3(9)5(1)11/h2*1-6,11-12H/t2*1-,2+,3+,4-,5?,6?. The molecule has 0 aromatic rings. The van der Waals surface area contributed by atoms with Gasteiger partial charge in [-0.15, -0.1) is 0 Å². The van der Waals surface area contributed by atoms with E-state index in [2.05, 4.69) is 0 Å². The van der Waals surface area contributed by atoms with Crippen LogP contribution in [0.2, 0.25) is 0 Å². The molecule has 0 aromatic carbocycles. The molecule has 0 bridgehead atoms. The molecule has 2 aliphatic carbocycles. The average molecular weight is 376 g/mol. The van der Waals surface area contributed by atoms with Crippen LogP contribution in [0, 0.1) is 0 Å². The molecule has 0 amide bonds. The van der Waals surface area contributed by atoms with Crippen LogP contribution in [0.15, 0.2) is 0 Å². The Morgan fingerprint density at radius 3 is 0.458 bits per heavy atom. The third kappa shape index (κ3) is 3.92. The van der Waals surface area contributed by atoms with Crippen molar-refractivity contribution in [1.82, 2.24) is 0 Å². The van der Waals surface area contributed by atoms with Crippen molar-refractivity contribution in [1.29, 1.82) is 0 Å². The largest absolute Gasteiger partial charge is 0.387 e. The molecule has 0 aliphatic heterocycles. The number of alkyl halides is 8. The molecule has 12 atom stereocenters. The van der Waals surface area contributed by atoms with Gasteiger partial charge in [0, 0.05) is 0 Å². The van der Waals surface area contributed by atoms with Gasteiger partial charge in [0.15, 0.2) is 49.4 Å². The Morgan fingerprint density at radius 2 is 0.375 bits per heavy atom. The molecule has 144 valence electrons. The molecule has 2 rings (SSSR count). The maximum Gasteiger partial charge on any atom is 0.163 e. The van der Waals surface area contributed by atoms with Gasteiger partial charge in [-0.3, -0.25) is 0 Å². The zero-order chi connectivity index (χ0) is 18.9. The summed E-state index contributed by atoms with van der Waals surface area (Å²) in [6.07, 6.45) is -29.9. The zero-order valence-electron chi connectivity index (χ0n) is 11.7. The molecule has 12 heteroatoms. The van der Waals surface area contributed by atoms with Gasteiger partial charge in [-0.25, -0.2) is 35.1 Å². The van der Waals surface area contributed by atoms with Crippen molar-refractivity contribution < 1.29 is 55.5 Å². The topological polar surface area (TPSA) is 80.9 Å². The number of hydrogen-bond acceptors (Lipinski definition) is 4. The summed E-state index contributed by atoms with van der Waals surface area (Å²) in [5.74, 6) is 0. The molecule has 2 fully saturated rings. The van der Waals surface area contributed by atoms with Crippen molar-refractivity contribution in [2.75, 3.05) is 0 Å². The van der Waals surface area contributed by atoms with Crippen LogP contribution in [0.4, 0.5) is 35.1 Å². The fourth-order valence-corrected chi connectivity index (χ4v) is 2.21. The van der Waals surface area contributed by atoms with E-state index in [4.69, 9.17) is 20.4 Å². The van der Waals surface area contributed by atoms with Crippen LogP contribution in [0.3, 0.4) is 0 Å². The molecular formula is C12H16F8O4. The Labute approximate surface area is 130 Å². The minimum atomic E-state index is -2.57. The summed E-state index contributed by atoms with van der Waals surface area (Å²) in [6, 6.07) is 0. The van der Waals surface area contributed by atoms with E-state index in [0.29, 0.717) is 0 Å². The van der Waals surface area contributed by atoms with Crippen molar-refractivity contribution >= 4 is 0 Å². The van der Waals surface area contributed by atoms with Crippen LogP contribution in [0.5, 0.6) is 0 Å². The molecule has 0 saturated heterocycles. The highest BCUT2D eigenvalue weighted by Crippen LogP contribution is 2.30. The molecule has 4 N–H and O–H groups in total. The van der Waals surface area contributed by atoms with E-state index < -0.39 is 73.8 Å². The van der Waals surface area contributed by atoms with Crippen LogP contribution in [-0.2, 0) is 0 Å². The van der Waals surface area contributed by atoms with E-state index in [1.54, 1.807) is 0 Å². The monoisotopic (exact) mass is 376 g/mol. The lowest BCUT2D eigenvalue weighted by Crippen LogP contribution is -2.57. The number of aliphatic hydroxyl groups is 4. The quantitative estimate of drug-likeness (QED) is 0.454. The van der Waals surface area contributed by atoms with Crippen LogP contribution in [0.1, 0.15) is 0 Å². The van der Waals surface area contributed by atoms with E-state index >= 15 is 0 Å². The summed E-state index contributed by atoms with van der Waals surface area (Å²) in [7, 11) is 0. The number of hydrogen-bond donors (Lipinski definition) is 4. The van der Waals surface area contributed by atoms with Gasteiger partial charge in [-0.1, -0.05) is 0 Å². The van der Waals surface area contributed by atoms with Gasteiger partial charge in [0.1, 0.15) is 24.4 Å². The summed E-state index contributed by atoms with van der Waals surface area (Å²) >= 11 is 0. The third-order valence-corrected chi connectivity index (χ3v) is 3.83. The fraction of sp³-hybridized carbons (Fsp3) is 1.00. The molecule has 4 unspecified atom stereocenters. The molecule has 4 nitrogen and oxygen atoms in total. The minimum Gasteiger partial charge on any atom is -0.387 e. The van der Waals surface area contributed by atoms with E-state index in [1.807, 2.05) is 0 Å². The van der Waals surface area contributed by atoms with E-state index in [0.717, 1.165) is 0 Å². The zero-order valence-corrected chi connectivity index (χ0v) is 11.7. The van der Waals surface area contributed by atoms with Crippen molar-refractivity contribution in [2.24, 2.45) is 0 Å². The highest BCUT2D eigenvalue weighted by molar-refractivity contribution is 5.00. The maximum atomic E-state index is 12.5. The first-order valence-electron chi connectivity index (χ1n) is 6.78. The van der Waals surface area contributed by atoms with E-state index in [-0.39, 0.29) is 0 Å². The molecule has 0 spiro atoms. The molecule has 0 aromatic heterocycles. The Bertz CT molecular complexity index is 254. The first-order valence-corrected chi connectivity index (χ1v) is 6.78. The first kappa shape index (κ1) is 21.3. The Morgan fingerprint density at radius 1 is 0.292 bits per heavy atom. The summed E-state index contributed by atoms with van der Waals surface area (Å²) in [6.45, 7) is 0. The molecule has 0 heterocycles. The molecule has 24 heavy (non-hydrogen) atoms. The van der Waals surface area contributed by atoms with Gasteiger partial charge in [0.2, 0.25) is 0 Å². The Kier molecular flexibility index (Phi) is 7.20. The summed E-state index contributed by atoms with van der Waals surface area (Å²) in [5, 5.41) is 34.3. The Hall–Kier alpha value is -0.720. The third-order valence-electron chi connectivity index (χ3n) is 3.83. The smallest absolute Gasteiger partial charge is 0.163 e. The first-order chi connectivity index (χ1) is 10.9. The highest BCUT2D eigenvalue weighted by Gasteiger charge is 2.52. The normalized spacial score (nSPS) is 55.5. The fourth-order valence-electron chi connectivity index (χ4n) is 2.21. The number of aliphatic hydroxyl groups excluding tert-OH is 4. The number of rotatable bonds is 0. The second-order valence-electron chi connectivity index (χ2n) is 5.52. The lowest BCUT2D eigenvalue weighted by Gasteiger charge is -2.34. The van der Waals surface area contributed by atoms with Crippen molar-refractivity contribution in [3.63, 3.8) is 0 Å². The second-order valence-corrected chi connectivity index (χ2v) is 5.52. The SMILES string of the molecule is OC1[C@@H](F)[C@@H](F)C(O)[C@@H](F)[C@H]1F.OC1[C@@H](F)[C@@H](F)C(O)[C@@H](F)[C@H]1F. The molecular weight excluding hydrogens is 360 g/mol. The number of halogens is 8. The van der Waals surface area contributed by atoms with Crippen LogP contribution in [-0.4, -0.2) is 94.2 Å². The van der Waals surface area contributed by atoms with E-state index in [9.17, 15) is 35.1 Å². The van der Waals surface area contributed by atoms with Crippen LogP contribution < -0.4 is 0 Å². The second kappa shape index (κ2) is 8.11. The van der Waals surface area contributed by atoms with Crippen LogP contribution in [0.25, 0.3) is 0 Å². The summed E-state index contributed by atoms with van der Waals surface area (Å²) in [5.41, 5.74) is 0. The maximum absolute atomic E-state index is 12.5. The van der Waals surface area contributed by atoms with Crippen molar-refractivity contribution in [3.05, 3.63) is 0 Å². The lowest BCUT2D eigenvalue weighted by atomic mass is 9.88. The predicted molar refractivity (Wildman–Crippen MR) is 63.2 cm³/mol. The summed E-state index contributed by atoms with van der Waals surface area (Å²) in [4.78, 5) is 0. The summed E-state index contributed by atoms with van der Waals surface area (Å²) < 4.78 is 99.6. The van der Waals surface area contributed by atoms with Gasteiger partial charge in [-0.2, -0.15) is 0 Å². The minimum absolute atomic E-state index is 2.33. The average Bonchev–Trinajstić information content (AvgIpc) is 2.58. The molecule has 0 radical (unpaired) electrons. The molecule has 2 saturated carbocycles. The van der Waals surface area contributed by atoms with Gasteiger partial charge in [0.25, 0.3) is 0 Å². The van der Waals surface area contributed by atoms with Crippen molar-refractivity contribution in [2.45, 2.75) is 73.8 Å². The van der Waals surface area contributed by atoms with Crippen molar-refractivity contribution in [3.8, 4) is 0 Å². The van der Waals surface area contributed by atoms with Gasteiger partial charge in [-0.05, 0) is 0 Å². The van der Waals surface area contributed by atoms with Gasteiger partial charge in [0.05, 0.1) is 0 Å². The van der Waals surface area contributed by atoms with Gasteiger partial charge < -0.3 is 20.4 Å². The lowest BCUT2D eigenvalue weighted by molar-refractivity contribution is -0.146. The molecule has 2 aliphatic rings.